The van der Waals surface area contributed by atoms with Crippen LogP contribution in [0.3, 0.4) is 0 Å². The molecule has 3 rings (SSSR count). The van der Waals surface area contributed by atoms with Crippen LogP contribution in [0.4, 0.5) is 0 Å². The molecule has 1 aliphatic heterocycles. The van der Waals surface area contributed by atoms with Crippen molar-refractivity contribution in [3.05, 3.63) is 35.9 Å². The summed E-state index contributed by atoms with van der Waals surface area (Å²) in [4.78, 5) is 7.40. The summed E-state index contributed by atoms with van der Waals surface area (Å²) in [6.07, 6.45) is 3.75. The van der Waals surface area contributed by atoms with Gasteiger partial charge in [-0.1, -0.05) is 30.3 Å². The minimum atomic E-state index is 0. The third kappa shape index (κ3) is 6.88. The summed E-state index contributed by atoms with van der Waals surface area (Å²) in [7, 11) is 0. The zero-order valence-corrected chi connectivity index (χ0v) is 20.0. The maximum absolute atomic E-state index is 5.49. The topological polar surface area (TPSA) is 48.9 Å². The van der Waals surface area contributed by atoms with Gasteiger partial charge in [-0.05, 0) is 51.0 Å². The SMILES string of the molecule is CCNC(=NCC(C)(C)N1CCOCC1)NCC1(Cc2ccccc2)CC1.I. The van der Waals surface area contributed by atoms with Crippen molar-refractivity contribution in [1.29, 1.82) is 0 Å². The van der Waals surface area contributed by atoms with Crippen molar-refractivity contribution in [3.8, 4) is 0 Å². The van der Waals surface area contributed by atoms with Crippen LogP contribution in [0, 0.1) is 5.41 Å². The number of aliphatic imine (C=N–C) groups is 1. The fourth-order valence-electron chi connectivity index (χ4n) is 3.78. The van der Waals surface area contributed by atoms with Gasteiger partial charge in [0.25, 0.3) is 0 Å². The van der Waals surface area contributed by atoms with Crippen LogP contribution in [-0.4, -0.2) is 62.3 Å². The number of rotatable bonds is 8. The molecule has 1 saturated carbocycles. The van der Waals surface area contributed by atoms with E-state index in [2.05, 4.69) is 66.6 Å². The molecule has 2 aliphatic rings. The van der Waals surface area contributed by atoms with Crippen LogP contribution in [0.1, 0.15) is 39.2 Å². The molecular weight excluding hydrogens is 463 g/mol. The van der Waals surface area contributed by atoms with Crippen LogP contribution in [-0.2, 0) is 11.2 Å². The number of halogens is 1. The molecule has 0 bridgehead atoms. The Morgan fingerprint density at radius 3 is 2.43 bits per heavy atom. The van der Waals surface area contributed by atoms with Crippen LogP contribution in [0.2, 0.25) is 0 Å². The van der Waals surface area contributed by atoms with Gasteiger partial charge < -0.3 is 15.4 Å². The molecule has 5 nitrogen and oxygen atoms in total. The molecule has 28 heavy (non-hydrogen) atoms. The van der Waals surface area contributed by atoms with E-state index in [1.165, 1.54) is 18.4 Å². The first-order valence-electron chi connectivity index (χ1n) is 10.4. The molecule has 2 N–H and O–H groups in total. The van der Waals surface area contributed by atoms with Crippen molar-refractivity contribution in [1.82, 2.24) is 15.5 Å². The third-order valence-electron chi connectivity index (χ3n) is 5.85. The van der Waals surface area contributed by atoms with Gasteiger partial charge in [0.15, 0.2) is 5.96 Å². The van der Waals surface area contributed by atoms with E-state index in [0.29, 0.717) is 5.41 Å². The van der Waals surface area contributed by atoms with E-state index in [4.69, 9.17) is 9.73 Å². The van der Waals surface area contributed by atoms with Gasteiger partial charge >= 0.3 is 0 Å². The highest BCUT2D eigenvalue weighted by atomic mass is 127. The predicted octanol–water partition coefficient (Wildman–Crippen LogP) is 3.29. The van der Waals surface area contributed by atoms with Crippen molar-refractivity contribution in [2.24, 2.45) is 10.4 Å². The Labute approximate surface area is 187 Å². The minimum Gasteiger partial charge on any atom is -0.379 e. The Bertz CT molecular complexity index is 610. The van der Waals surface area contributed by atoms with Gasteiger partial charge in [-0.25, -0.2) is 0 Å². The van der Waals surface area contributed by atoms with Gasteiger partial charge in [-0.3, -0.25) is 9.89 Å². The molecule has 1 aromatic rings. The summed E-state index contributed by atoms with van der Waals surface area (Å²) in [5, 5.41) is 7.03. The monoisotopic (exact) mass is 500 g/mol. The molecule has 2 fully saturated rings. The van der Waals surface area contributed by atoms with E-state index >= 15 is 0 Å². The van der Waals surface area contributed by atoms with Crippen LogP contribution in [0.25, 0.3) is 0 Å². The number of nitrogens with zero attached hydrogens (tertiary/aromatic N) is 2. The summed E-state index contributed by atoms with van der Waals surface area (Å²) in [6, 6.07) is 10.8. The number of ether oxygens (including phenoxy) is 1. The van der Waals surface area contributed by atoms with E-state index < -0.39 is 0 Å². The number of hydrogen-bond donors (Lipinski definition) is 2. The van der Waals surface area contributed by atoms with Crippen molar-refractivity contribution in [3.63, 3.8) is 0 Å². The highest BCUT2D eigenvalue weighted by Crippen LogP contribution is 2.47. The standard InChI is InChI=1S/C22H36N4O.HI/c1-4-23-20(24-17-21(2,3)26-12-14-27-15-13-26)25-18-22(10-11-22)16-19-8-6-5-7-9-19;/h5-9H,4,10-18H2,1-3H3,(H2,23,24,25);1H. The Hall–Kier alpha value is -0.860. The van der Waals surface area contributed by atoms with Crippen molar-refractivity contribution in [2.45, 2.75) is 45.6 Å². The van der Waals surface area contributed by atoms with E-state index in [0.717, 1.165) is 58.3 Å². The average molecular weight is 500 g/mol. The first-order valence-corrected chi connectivity index (χ1v) is 10.4. The molecule has 0 radical (unpaired) electrons. The maximum Gasteiger partial charge on any atom is 0.191 e. The lowest BCUT2D eigenvalue weighted by Gasteiger charge is -2.40. The highest BCUT2D eigenvalue weighted by Gasteiger charge is 2.42. The summed E-state index contributed by atoms with van der Waals surface area (Å²) in [5.74, 6) is 0.943. The van der Waals surface area contributed by atoms with Gasteiger partial charge in [-0.2, -0.15) is 0 Å². The number of morpholine rings is 1. The van der Waals surface area contributed by atoms with Crippen molar-refractivity contribution < 1.29 is 4.74 Å². The second-order valence-corrected chi connectivity index (χ2v) is 8.62. The van der Waals surface area contributed by atoms with E-state index in [1.54, 1.807) is 0 Å². The van der Waals surface area contributed by atoms with Crippen molar-refractivity contribution >= 4 is 29.9 Å². The molecule has 158 valence electrons. The summed E-state index contributed by atoms with van der Waals surface area (Å²) >= 11 is 0. The molecule has 1 aromatic carbocycles. The first-order chi connectivity index (χ1) is 13.0. The molecule has 0 atom stereocenters. The molecule has 1 aliphatic carbocycles. The molecule has 6 heteroatoms. The van der Waals surface area contributed by atoms with Gasteiger partial charge in [0, 0.05) is 31.7 Å². The quantitative estimate of drug-likeness (QED) is 0.327. The number of hydrogen-bond acceptors (Lipinski definition) is 3. The van der Waals surface area contributed by atoms with E-state index in [9.17, 15) is 0 Å². The fraction of sp³-hybridized carbons (Fsp3) is 0.682. The summed E-state index contributed by atoms with van der Waals surface area (Å²) in [5.41, 5.74) is 1.89. The summed E-state index contributed by atoms with van der Waals surface area (Å²) in [6.45, 7) is 13.0. The zero-order chi connectivity index (χ0) is 19.2. The lowest BCUT2D eigenvalue weighted by molar-refractivity contribution is -0.00684. The van der Waals surface area contributed by atoms with Gasteiger partial charge in [-0.15, -0.1) is 24.0 Å². The molecule has 0 aromatic heterocycles. The minimum absolute atomic E-state index is 0. The Morgan fingerprint density at radius 2 is 1.82 bits per heavy atom. The Morgan fingerprint density at radius 1 is 1.14 bits per heavy atom. The van der Waals surface area contributed by atoms with Crippen LogP contribution in [0.5, 0.6) is 0 Å². The lowest BCUT2D eigenvalue weighted by atomic mass is 9.96. The molecule has 0 spiro atoms. The number of benzene rings is 1. The van der Waals surface area contributed by atoms with Crippen molar-refractivity contribution in [2.75, 3.05) is 45.9 Å². The lowest BCUT2D eigenvalue weighted by Crippen LogP contribution is -2.52. The molecule has 0 unspecified atom stereocenters. The first kappa shape index (κ1) is 23.4. The van der Waals surface area contributed by atoms with Crippen LogP contribution >= 0.6 is 24.0 Å². The molecule has 0 amide bonds. The Balaban J connectivity index is 0.00000280. The normalized spacial score (nSPS) is 19.6. The van der Waals surface area contributed by atoms with Crippen LogP contribution < -0.4 is 10.6 Å². The maximum atomic E-state index is 5.49. The smallest absolute Gasteiger partial charge is 0.191 e. The molecular formula is C22H37IN4O. The second kappa shape index (κ2) is 10.8. The van der Waals surface area contributed by atoms with Gasteiger partial charge in [0.05, 0.1) is 19.8 Å². The predicted molar refractivity (Wildman–Crippen MR) is 128 cm³/mol. The van der Waals surface area contributed by atoms with E-state index in [1.807, 2.05) is 0 Å². The number of nitrogens with one attached hydrogen (secondary N) is 2. The van der Waals surface area contributed by atoms with Gasteiger partial charge in [0.1, 0.15) is 0 Å². The second-order valence-electron chi connectivity index (χ2n) is 8.62. The molecule has 1 saturated heterocycles. The molecule has 1 heterocycles. The van der Waals surface area contributed by atoms with Crippen LogP contribution in [0.15, 0.2) is 35.3 Å². The summed E-state index contributed by atoms with van der Waals surface area (Å²) < 4.78 is 5.49. The number of guanidine groups is 1. The fourth-order valence-corrected chi connectivity index (χ4v) is 3.78. The van der Waals surface area contributed by atoms with Gasteiger partial charge in [0.2, 0.25) is 0 Å². The highest BCUT2D eigenvalue weighted by molar-refractivity contribution is 14.0. The zero-order valence-electron chi connectivity index (χ0n) is 17.7. The average Bonchev–Trinajstić information content (AvgIpc) is 3.45. The van der Waals surface area contributed by atoms with E-state index in [-0.39, 0.29) is 29.5 Å². The largest absolute Gasteiger partial charge is 0.379 e. The Kier molecular flexibility index (Phi) is 9.02. The third-order valence-corrected chi connectivity index (χ3v) is 5.85.